The second kappa shape index (κ2) is 50.3. The zero-order chi connectivity index (χ0) is 63.9. The molecule has 23 nitrogen and oxygen atoms in total. The molecule has 6 aliphatic rings. The number of likely N-dealkylation sites (N-methyl/N-ethyl adjacent to an activating group) is 2. The molecular weight excluding hydrogens is 1040 g/mol. The van der Waals surface area contributed by atoms with E-state index in [1.165, 1.54) is 122 Å². The summed E-state index contributed by atoms with van der Waals surface area (Å²) in [7, 11) is 27.2. The average Bonchev–Trinajstić information content (AvgIpc) is 4.09. The first-order chi connectivity index (χ1) is 39.2. The van der Waals surface area contributed by atoms with Crippen LogP contribution in [0, 0.1) is 21.6 Å². The number of hydrogen-bond acceptors (Lipinski definition) is 14. The zero-order valence-corrected chi connectivity index (χ0v) is 56.7. The molecule has 0 unspecified atom stereocenters. The molecule has 0 aliphatic carbocycles. The fourth-order valence-corrected chi connectivity index (χ4v) is 8.23. The predicted octanol–water partition coefficient (Wildman–Crippen LogP) is 5.67. The van der Waals surface area contributed by atoms with Crippen LogP contribution in [0.15, 0.2) is 55.3 Å². The van der Waals surface area contributed by atoms with Crippen molar-refractivity contribution in [2.24, 2.45) is 36.4 Å². The van der Waals surface area contributed by atoms with Gasteiger partial charge in [-0.2, -0.15) is 0 Å². The van der Waals surface area contributed by atoms with Crippen molar-refractivity contribution in [2.45, 2.75) is 99.8 Å². The third kappa shape index (κ3) is 42.3. The summed E-state index contributed by atoms with van der Waals surface area (Å²) in [5.41, 5.74) is 10.7. The molecule has 6 heterocycles. The number of nitrogens with two attached hydrogens (primary N) is 2. The molecule has 0 spiro atoms. The van der Waals surface area contributed by atoms with Gasteiger partial charge in [0.15, 0.2) is 17.9 Å². The van der Waals surface area contributed by atoms with Crippen molar-refractivity contribution in [3.63, 3.8) is 0 Å². The van der Waals surface area contributed by atoms with E-state index in [2.05, 4.69) is 101 Å². The summed E-state index contributed by atoms with van der Waals surface area (Å²) in [4.78, 5) is 44.2. The van der Waals surface area contributed by atoms with Gasteiger partial charge in [0, 0.05) is 201 Å². The quantitative estimate of drug-likeness (QED) is 0.139. The van der Waals surface area contributed by atoms with Crippen LogP contribution in [0.2, 0.25) is 0 Å². The molecule has 1 aromatic rings. The minimum absolute atomic E-state index is 0.121. The first-order valence-electron chi connectivity index (χ1n) is 30.0. The SMILES string of the molecule is C1CCC2=NCCCN2CC1.C1CN=C2CCCN2C1.CC(=N)N.CC1=NCCN1.CCN(CC)C(=N)N(CC)CC.CN(C)C(=N)N(C)C.CN1CCN(C)CC1.CN=C(C)N(C)C.CN=C(N(C)C)N(C)C.N=C(N)c1ccccc1. The van der Waals surface area contributed by atoms with E-state index in [1.54, 1.807) is 23.9 Å². The van der Waals surface area contributed by atoms with Gasteiger partial charge in [-0.05, 0) is 94.7 Å². The summed E-state index contributed by atoms with van der Waals surface area (Å²) in [6.45, 7) is 31.6. The third-order valence-corrected chi connectivity index (χ3v) is 13.2. The van der Waals surface area contributed by atoms with Crippen molar-refractivity contribution in [3.8, 4) is 0 Å². The van der Waals surface area contributed by atoms with Gasteiger partial charge in [0.2, 0.25) is 0 Å². The fraction of sp³-hybridized carbons (Fsp3) is 0.750. The van der Waals surface area contributed by atoms with Gasteiger partial charge in [-0.15, -0.1) is 0 Å². The van der Waals surface area contributed by atoms with Gasteiger partial charge >= 0.3 is 0 Å². The standard InChI is InChI=1S/C9H21N3.C9H16N2.C7H12N2.C7H8N2.C6H15N3.C6H14N2.C5H13N3.C5H12N2.C4H8N2.C2H6N2/c1-5-11(6-2)9(10)12(7-3)8-4;1-2-5-9-10-6-4-8-11(9)7-3-1;1-3-7-8-4-2-6-9(7)5-1;8-7(9)6-4-2-1-3-5-6;1-7-6(8(2)3)9(4)5;1-7-3-5-8(2)6-4-7;1-7(2)5(6)8(3)4;1-5(6-2)7(3)4;1-4-5-2-3-6-4;1-2(3)4/h10H,5-8H2,1-4H3;1-8H2;1-6H2;1-5H,(H3,8,9);1-5H3;3-6H2,1-2H3;6H,1-4H3;1-4H3;2-3H2,1H3,(H,5,6);1H3,(H3,3,4). The fourth-order valence-electron chi connectivity index (χ4n) is 8.23. The highest BCUT2D eigenvalue weighted by Gasteiger charge is 2.20. The molecule has 0 bridgehead atoms. The summed E-state index contributed by atoms with van der Waals surface area (Å²) >= 11 is 0. The molecule has 0 amide bonds. The molecule has 6 aliphatic heterocycles. The maximum Gasteiger partial charge on any atom is 0.195 e. The Morgan fingerprint density at radius 2 is 0.940 bits per heavy atom. The van der Waals surface area contributed by atoms with Crippen LogP contribution in [0.3, 0.4) is 0 Å². The normalized spacial score (nSPS) is 15.5. The number of nitrogens with one attached hydrogen (secondary N) is 5. The van der Waals surface area contributed by atoms with Crippen LogP contribution in [0.5, 0.6) is 0 Å². The van der Waals surface area contributed by atoms with Crippen LogP contribution >= 0.6 is 0 Å². The highest BCUT2D eigenvalue weighted by atomic mass is 15.4. The van der Waals surface area contributed by atoms with Crippen LogP contribution < -0.4 is 16.8 Å². The molecule has 23 heteroatoms. The minimum atomic E-state index is 0.121. The summed E-state index contributed by atoms with van der Waals surface area (Å²) < 4.78 is 0. The lowest BCUT2D eigenvalue weighted by atomic mass is 10.2. The van der Waals surface area contributed by atoms with Gasteiger partial charge < -0.3 is 70.7 Å². The van der Waals surface area contributed by atoms with Crippen LogP contribution in [0.4, 0.5) is 0 Å². The van der Waals surface area contributed by atoms with Crippen molar-refractivity contribution in [1.29, 1.82) is 21.6 Å². The van der Waals surface area contributed by atoms with Crippen LogP contribution in [0.25, 0.3) is 0 Å². The molecule has 9 N–H and O–H groups in total. The van der Waals surface area contributed by atoms with E-state index < -0.39 is 0 Å². The monoisotopic (exact) mass is 1170 g/mol. The van der Waals surface area contributed by atoms with Crippen LogP contribution in [-0.4, -0.2) is 310 Å². The molecule has 0 radical (unpaired) electrons. The van der Waals surface area contributed by atoms with Gasteiger partial charge in [-0.25, -0.2) is 0 Å². The Morgan fingerprint density at radius 1 is 0.530 bits per heavy atom. The number of piperazine rings is 1. The number of hydrogen-bond donors (Lipinski definition) is 7. The number of nitrogens with zero attached hydrogens (tertiary/aromatic N) is 16. The van der Waals surface area contributed by atoms with Crippen LogP contribution in [-0.2, 0) is 0 Å². The summed E-state index contributed by atoms with van der Waals surface area (Å²) in [5.74, 6) is 7.35. The summed E-state index contributed by atoms with van der Waals surface area (Å²) in [6.07, 6.45) is 10.5. The van der Waals surface area contributed by atoms with Gasteiger partial charge in [-0.1, -0.05) is 36.8 Å². The van der Waals surface area contributed by atoms with E-state index >= 15 is 0 Å². The highest BCUT2D eigenvalue weighted by Crippen LogP contribution is 2.16. The molecule has 0 aromatic heterocycles. The van der Waals surface area contributed by atoms with E-state index in [1.807, 2.05) is 129 Å². The van der Waals surface area contributed by atoms with Crippen molar-refractivity contribution >= 4 is 52.9 Å². The van der Waals surface area contributed by atoms with E-state index in [4.69, 9.17) is 33.1 Å². The summed E-state index contributed by atoms with van der Waals surface area (Å²) in [6, 6.07) is 9.23. The molecule has 0 atom stereocenters. The number of amidine groups is 6. The number of guanidine groups is 3. The largest absolute Gasteiger partial charge is 0.388 e. The topological polar surface area (TPSA) is 257 Å². The van der Waals surface area contributed by atoms with Crippen molar-refractivity contribution in [2.75, 3.05) is 203 Å². The minimum Gasteiger partial charge on any atom is -0.388 e. The Balaban J connectivity index is -0.000000865. The van der Waals surface area contributed by atoms with E-state index in [9.17, 15) is 0 Å². The number of aliphatic imine (C=N–C) groups is 5. The first-order valence-corrected chi connectivity index (χ1v) is 30.0. The molecular formula is C60H125N23. The first kappa shape index (κ1) is 81.0. The average molecular weight is 1170 g/mol. The lowest BCUT2D eigenvalue weighted by Gasteiger charge is -2.30. The van der Waals surface area contributed by atoms with Crippen molar-refractivity contribution in [3.05, 3.63) is 35.9 Å². The van der Waals surface area contributed by atoms with E-state index in [0.717, 1.165) is 75.6 Å². The van der Waals surface area contributed by atoms with Gasteiger partial charge in [0.1, 0.15) is 5.84 Å². The van der Waals surface area contributed by atoms with Crippen LogP contribution in [0.1, 0.15) is 105 Å². The molecule has 3 fully saturated rings. The predicted molar refractivity (Wildman–Crippen MR) is 363 cm³/mol. The van der Waals surface area contributed by atoms with Gasteiger partial charge in [0.25, 0.3) is 0 Å². The number of benzene rings is 1. The maximum atomic E-state index is 7.86. The molecule has 0 saturated carbocycles. The van der Waals surface area contributed by atoms with Gasteiger partial charge in [-0.3, -0.25) is 46.6 Å². The van der Waals surface area contributed by atoms with Crippen molar-refractivity contribution < 1.29 is 0 Å². The maximum absolute atomic E-state index is 7.86. The number of rotatable bonds is 5. The number of fused-ring (bicyclic) bond motifs is 2. The number of nitrogen functional groups attached to an aromatic ring is 1. The zero-order valence-electron chi connectivity index (χ0n) is 56.7. The Morgan fingerprint density at radius 3 is 1.20 bits per heavy atom. The Hall–Kier alpha value is -6.23. The van der Waals surface area contributed by atoms with E-state index in [0.29, 0.717) is 11.9 Å². The second-order valence-corrected chi connectivity index (χ2v) is 21.4. The molecule has 3 saturated heterocycles. The Bertz CT molecular complexity index is 1930. The highest BCUT2D eigenvalue weighted by molar-refractivity contribution is 5.94. The molecule has 7 rings (SSSR count). The van der Waals surface area contributed by atoms with Gasteiger partial charge in [0.05, 0.1) is 35.7 Å². The van der Waals surface area contributed by atoms with Crippen molar-refractivity contribution in [1.82, 2.24) is 59.2 Å². The lowest BCUT2D eigenvalue weighted by Crippen LogP contribution is -2.43. The Kier molecular flexibility index (Phi) is 49.1. The van der Waals surface area contributed by atoms with E-state index in [-0.39, 0.29) is 11.7 Å². The molecule has 1 aromatic carbocycles. The Labute approximate surface area is 507 Å². The molecule has 83 heavy (non-hydrogen) atoms. The molecule has 480 valence electrons. The third-order valence-electron chi connectivity index (χ3n) is 13.2. The lowest BCUT2D eigenvalue weighted by molar-refractivity contribution is 0.181. The second-order valence-electron chi connectivity index (χ2n) is 21.4. The summed E-state index contributed by atoms with van der Waals surface area (Å²) in [5, 5.41) is 31.5. The smallest absolute Gasteiger partial charge is 0.195 e.